The second kappa shape index (κ2) is 6.49. The van der Waals surface area contributed by atoms with E-state index in [0.717, 1.165) is 4.90 Å². The van der Waals surface area contributed by atoms with E-state index in [1.807, 2.05) is 0 Å². The van der Waals surface area contributed by atoms with E-state index in [4.69, 9.17) is 5.11 Å². The third-order valence-electron chi connectivity index (χ3n) is 3.48. The lowest BCUT2D eigenvalue weighted by Gasteiger charge is -2.20. The van der Waals surface area contributed by atoms with E-state index in [0.29, 0.717) is 4.47 Å². The number of carbonyl (C=O) groups excluding carboxylic acids is 3. The van der Waals surface area contributed by atoms with Crippen molar-refractivity contribution in [3.05, 3.63) is 33.8 Å². The maximum Gasteiger partial charge on any atom is 0.326 e. The van der Waals surface area contributed by atoms with E-state index in [1.165, 1.54) is 12.1 Å². The van der Waals surface area contributed by atoms with Crippen LogP contribution in [0.1, 0.15) is 34.6 Å². The SMILES string of the molecule is CC(C)[C@@H](NC(=O)CN1C(=O)c2ccc(Br)cc2C1=O)C(=O)O. The molecule has 0 aliphatic carbocycles. The Labute approximate surface area is 140 Å². The maximum absolute atomic E-state index is 12.2. The van der Waals surface area contributed by atoms with Gasteiger partial charge in [-0.15, -0.1) is 0 Å². The smallest absolute Gasteiger partial charge is 0.326 e. The topological polar surface area (TPSA) is 104 Å². The number of hydrogen-bond acceptors (Lipinski definition) is 4. The van der Waals surface area contributed by atoms with Gasteiger partial charge in [-0.05, 0) is 24.1 Å². The van der Waals surface area contributed by atoms with Crippen molar-refractivity contribution in [2.45, 2.75) is 19.9 Å². The molecule has 2 N–H and O–H groups in total. The largest absolute Gasteiger partial charge is 0.480 e. The van der Waals surface area contributed by atoms with Gasteiger partial charge in [0.25, 0.3) is 11.8 Å². The van der Waals surface area contributed by atoms with E-state index in [1.54, 1.807) is 19.9 Å². The van der Waals surface area contributed by atoms with Crippen LogP contribution in [0, 0.1) is 5.92 Å². The summed E-state index contributed by atoms with van der Waals surface area (Å²) in [5.41, 5.74) is 0.445. The number of fused-ring (bicyclic) bond motifs is 1. The highest BCUT2D eigenvalue weighted by Gasteiger charge is 2.37. The molecule has 2 rings (SSSR count). The molecule has 1 aliphatic heterocycles. The summed E-state index contributed by atoms with van der Waals surface area (Å²) in [6, 6.07) is 3.58. The Morgan fingerprint density at radius 2 is 1.83 bits per heavy atom. The summed E-state index contributed by atoms with van der Waals surface area (Å²) in [4.78, 5) is 48.3. The van der Waals surface area contributed by atoms with Gasteiger partial charge >= 0.3 is 5.97 Å². The lowest BCUT2D eigenvalue weighted by atomic mass is 10.0. The number of benzene rings is 1. The van der Waals surface area contributed by atoms with Crippen molar-refractivity contribution >= 4 is 39.6 Å². The monoisotopic (exact) mass is 382 g/mol. The van der Waals surface area contributed by atoms with Gasteiger partial charge in [0.2, 0.25) is 5.91 Å². The predicted octanol–water partition coefficient (Wildman–Crippen LogP) is 1.27. The van der Waals surface area contributed by atoms with Crippen molar-refractivity contribution in [2.24, 2.45) is 5.92 Å². The van der Waals surface area contributed by atoms with Crippen LogP contribution in [0.4, 0.5) is 0 Å². The lowest BCUT2D eigenvalue weighted by molar-refractivity contribution is -0.143. The number of imide groups is 1. The predicted molar refractivity (Wildman–Crippen MR) is 83.9 cm³/mol. The molecule has 122 valence electrons. The van der Waals surface area contributed by atoms with Gasteiger partial charge < -0.3 is 10.4 Å². The highest BCUT2D eigenvalue weighted by Crippen LogP contribution is 2.25. The van der Waals surface area contributed by atoms with Gasteiger partial charge in [0.15, 0.2) is 0 Å². The molecule has 1 aliphatic rings. The van der Waals surface area contributed by atoms with Gasteiger partial charge in [0.05, 0.1) is 11.1 Å². The summed E-state index contributed by atoms with van der Waals surface area (Å²) in [5.74, 6) is -3.32. The molecule has 0 bridgehead atoms. The molecule has 1 aromatic carbocycles. The summed E-state index contributed by atoms with van der Waals surface area (Å²) >= 11 is 3.22. The third-order valence-corrected chi connectivity index (χ3v) is 3.98. The van der Waals surface area contributed by atoms with Crippen molar-refractivity contribution in [3.8, 4) is 0 Å². The number of carboxylic acids is 1. The number of amides is 3. The first-order valence-electron chi connectivity index (χ1n) is 6.90. The molecule has 0 spiro atoms. The molecule has 0 saturated carbocycles. The van der Waals surface area contributed by atoms with Crippen LogP contribution >= 0.6 is 15.9 Å². The fourth-order valence-corrected chi connectivity index (χ4v) is 2.64. The van der Waals surface area contributed by atoms with Crippen LogP contribution in [0.2, 0.25) is 0 Å². The summed E-state index contributed by atoms with van der Waals surface area (Å²) in [6.45, 7) is 2.79. The van der Waals surface area contributed by atoms with E-state index >= 15 is 0 Å². The third kappa shape index (κ3) is 3.42. The molecule has 0 unspecified atom stereocenters. The van der Waals surface area contributed by atoms with Crippen molar-refractivity contribution in [1.82, 2.24) is 10.2 Å². The second-order valence-corrected chi connectivity index (χ2v) is 6.43. The summed E-state index contributed by atoms with van der Waals surface area (Å²) < 4.78 is 0.648. The summed E-state index contributed by atoms with van der Waals surface area (Å²) in [5, 5.41) is 11.4. The summed E-state index contributed by atoms with van der Waals surface area (Å²) in [7, 11) is 0. The normalized spacial score (nSPS) is 14.9. The van der Waals surface area contributed by atoms with Crippen molar-refractivity contribution in [2.75, 3.05) is 6.54 Å². The van der Waals surface area contributed by atoms with Crippen molar-refractivity contribution in [1.29, 1.82) is 0 Å². The number of hydrogen-bond donors (Lipinski definition) is 2. The standard InChI is InChI=1S/C15H15BrN2O5/c1-7(2)12(15(22)23)17-11(19)6-18-13(20)9-4-3-8(16)5-10(9)14(18)21/h3-5,7,12H,6H2,1-2H3,(H,17,19)(H,22,23)/t12-/m1/s1. The van der Waals surface area contributed by atoms with Gasteiger partial charge in [-0.25, -0.2) is 4.79 Å². The molecule has 0 fully saturated rings. The van der Waals surface area contributed by atoms with Crippen molar-refractivity contribution < 1.29 is 24.3 Å². The van der Waals surface area contributed by atoms with Gasteiger partial charge in [0.1, 0.15) is 12.6 Å². The Balaban J connectivity index is 2.13. The Hall–Kier alpha value is -2.22. The molecule has 0 aromatic heterocycles. The minimum atomic E-state index is -1.17. The average molecular weight is 383 g/mol. The Morgan fingerprint density at radius 3 is 2.39 bits per heavy atom. The maximum atomic E-state index is 12.2. The number of nitrogens with zero attached hydrogens (tertiary/aromatic N) is 1. The molecular formula is C15H15BrN2O5. The minimum Gasteiger partial charge on any atom is -0.480 e. The van der Waals surface area contributed by atoms with Gasteiger partial charge in [-0.2, -0.15) is 0 Å². The molecule has 7 nitrogen and oxygen atoms in total. The van der Waals surface area contributed by atoms with Crippen LogP contribution < -0.4 is 5.32 Å². The van der Waals surface area contributed by atoms with Crippen LogP contribution in [0.5, 0.6) is 0 Å². The second-order valence-electron chi connectivity index (χ2n) is 5.51. The Morgan fingerprint density at radius 1 is 1.22 bits per heavy atom. The minimum absolute atomic E-state index is 0.218. The van der Waals surface area contributed by atoms with Crippen LogP contribution in [-0.2, 0) is 9.59 Å². The highest BCUT2D eigenvalue weighted by atomic mass is 79.9. The number of nitrogens with one attached hydrogen (secondary N) is 1. The van der Waals surface area contributed by atoms with Gasteiger partial charge in [-0.3, -0.25) is 19.3 Å². The highest BCUT2D eigenvalue weighted by molar-refractivity contribution is 9.10. The first kappa shape index (κ1) is 17.1. The fourth-order valence-electron chi connectivity index (χ4n) is 2.28. The number of aliphatic carboxylic acids is 1. The molecule has 1 aromatic rings. The fraction of sp³-hybridized carbons (Fsp3) is 0.333. The van der Waals surface area contributed by atoms with Crippen LogP contribution in [-0.4, -0.2) is 46.3 Å². The van der Waals surface area contributed by atoms with Crippen molar-refractivity contribution in [3.63, 3.8) is 0 Å². The van der Waals surface area contributed by atoms with Crippen LogP contribution in [0.3, 0.4) is 0 Å². The van der Waals surface area contributed by atoms with E-state index in [-0.39, 0.29) is 17.0 Å². The molecule has 23 heavy (non-hydrogen) atoms. The van der Waals surface area contributed by atoms with Gasteiger partial charge in [-0.1, -0.05) is 29.8 Å². The zero-order valence-corrected chi connectivity index (χ0v) is 14.1. The van der Waals surface area contributed by atoms with E-state index in [9.17, 15) is 19.2 Å². The Bertz CT molecular complexity index is 701. The lowest BCUT2D eigenvalue weighted by Crippen LogP contribution is -2.49. The number of carbonyl (C=O) groups is 4. The zero-order chi connectivity index (χ0) is 17.3. The quantitative estimate of drug-likeness (QED) is 0.746. The first-order valence-corrected chi connectivity index (χ1v) is 7.69. The van der Waals surface area contributed by atoms with Crippen LogP contribution in [0.25, 0.3) is 0 Å². The van der Waals surface area contributed by atoms with Crippen LogP contribution in [0.15, 0.2) is 22.7 Å². The first-order chi connectivity index (χ1) is 10.7. The Kier molecular flexibility index (Phi) is 4.84. The molecule has 1 atom stereocenters. The molecule has 8 heteroatoms. The number of halogens is 1. The zero-order valence-electron chi connectivity index (χ0n) is 12.5. The molecule has 0 saturated heterocycles. The number of rotatable bonds is 5. The molecular weight excluding hydrogens is 368 g/mol. The van der Waals surface area contributed by atoms with E-state index < -0.39 is 36.3 Å². The van der Waals surface area contributed by atoms with E-state index in [2.05, 4.69) is 21.2 Å². The molecule has 0 radical (unpaired) electrons. The average Bonchev–Trinajstić information content (AvgIpc) is 2.69. The molecule has 3 amide bonds. The number of carboxylic acid groups (broad SMARTS) is 1. The summed E-state index contributed by atoms with van der Waals surface area (Å²) in [6.07, 6.45) is 0. The van der Waals surface area contributed by atoms with Gasteiger partial charge in [0, 0.05) is 4.47 Å². The molecule has 1 heterocycles.